The van der Waals surface area contributed by atoms with Crippen LogP contribution in [0.25, 0.3) is 0 Å². The van der Waals surface area contributed by atoms with Gasteiger partial charge in [0, 0.05) is 6.42 Å². The molecule has 0 heterocycles. The summed E-state index contributed by atoms with van der Waals surface area (Å²) in [6.45, 7) is 3.69. The third-order valence-corrected chi connectivity index (χ3v) is 2.46. The molecule has 0 N–H and O–H groups in total. The van der Waals surface area contributed by atoms with Crippen LogP contribution < -0.4 is 0 Å². The highest BCUT2D eigenvalue weighted by atomic mass is 16.1. The van der Waals surface area contributed by atoms with E-state index in [-0.39, 0.29) is 0 Å². The molecular formula is C12H18O. The summed E-state index contributed by atoms with van der Waals surface area (Å²) in [5.74, 6) is 0.320. The highest BCUT2D eigenvalue weighted by molar-refractivity contribution is 5.92. The monoisotopic (exact) mass is 178 g/mol. The predicted octanol–water partition coefficient (Wildman–Crippen LogP) is 3.41. The van der Waals surface area contributed by atoms with Crippen molar-refractivity contribution in [3.05, 3.63) is 24.3 Å². The second kappa shape index (κ2) is 5.74. The molecular weight excluding hydrogens is 160 g/mol. The SMILES string of the molecule is C=CCCCCCC1=CC(=O)CC1. The van der Waals surface area contributed by atoms with Crippen molar-refractivity contribution < 1.29 is 4.79 Å². The highest BCUT2D eigenvalue weighted by Gasteiger charge is 2.10. The van der Waals surface area contributed by atoms with Crippen LogP contribution in [0.5, 0.6) is 0 Å². The van der Waals surface area contributed by atoms with Crippen LogP contribution >= 0.6 is 0 Å². The zero-order valence-corrected chi connectivity index (χ0v) is 8.22. The lowest BCUT2D eigenvalue weighted by atomic mass is 10.1. The molecule has 1 heteroatoms. The fraction of sp³-hybridized carbons (Fsp3) is 0.583. The van der Waals surface area contributed by atoms with Crippen molar-refractivity contribution in [2.45, 2.75) is 44.9 Å². The quantitative estimate of drug-likeness (QED) is 0.450. The number of ketones is 1. The standard InChI is InChI=1S/C12H18O/c1-2-3-4-5-6-7-11-8-9-12(13)10-11/h2,10H,1,3-9H2. The Morgan fingerprint density at radius 2 is 2.15 bits per heavy atom. The Bertz CT molecular complexity index is 213. The van der Waals surface area contributed by atoms with Gasteiger partial charge in [0.1, 0.15) is 0 Å². The van der Waals surface area contributed by atoms with Crippen LogP contribution in [0.4, 0.5) is 0 Å². The molecule has 0 saturated carbocycles. The molecule has 13 heavy (non-hydrogen) atoms. The molecule has 1 aliphatic rings. The second-order valence-electron chi connectivity index (χ2n) is 3.66. The van der Waals surface area contributed by atoms with Crippen molar-refractivity contribution in [1.82, 2.24) is 0 Å². The van der Waals surface area contributed by atoms with Gasteiger partial charge >= 0.3 is 0 Å². The van der Waals surface area contributed by atoms with Crippen LogP contribution in [-0.2, 0) is 4.79 Å². The summed E-state index contributed by atoms with van der Waals surface area (Å²) in [7, 11) is 0. The molecule has 1 rings (SSSR count). The van der Waals surface area contributed by atoms with E-state index in [1.165, 1.54) is 24.8 Å². The zero-order valence-electron chi connectivity index (χ0n) is 8.22. The van der Waals surface area contributed by atoms with Crippen molar-refractivity contribution >= 4 is 5.78 Å². The van der Waals surface area contributed by atoms with Crippen molar-refractivity contribution in [2.75, 3.05) is 0 Å². The lowest BCUT2D eigenvalue weighted by molar-refractivity contribution is -0.114. The number of unbranched alkanes of at least 4 members (excludes halogenated alkanes) is 3. The molecule has 0 atom stereocenters. The van der Waals surface area contributed by atoms with Gasteiger partial charge in [0.05, 0.1) is 0 Å². The van der Waals surface area contributed by atoms with E-state index < -0.39 is 0 Å². The van der Waals surface area contributed by atoms with Crippen molar-refractivity contribution in [3.8, 4) is 0 Å². The molecule has 0 spiro atoms. The van der Waals surface area contributed by atoms with Crippen LogP contribution in [0.15, 0.2) is 24.3 Å². The third-order valence-electron chi connectivity index (χ3n) is 2.46. The summed E-state index contributed by atoms with van der Waals surface area (Å²) in [5, 5.41) is 0. The Balaban J connectivity index is 2.03. The Hall–Kier alpha value is -0.850. The number of carbonyl (C=O) groups excluding carboxylic acids is 1. The van der Waals surface area contributed by atoms with Gasteiger partial charge < -0.3 is 0 Å². The molecule has 0 aromatic rings. The number of rotatable bonds is 6. The van der Waals surface area contributed by atoms with Gasteiger partial charge in [-0.25, -0.2) is 0 Å². The molecule has 0 fully saturated rings. The van der Waals surface area contributed by atoms with Gasteiger partial charge in [0.15, 0.2) is 5.78 Å². The Kier molecular flexibility index (Phi) is 4.52. The zero-order chi connectivity index (χ0) is 9.52. The van der Waals surface area contributed by atoms with E-state index in [4.69, 9.17) is 0 Å². The summed E-state index contributed by atoms with van der Waals surface area (Å²) >= 11 is 0. The molecule has 0 saturated heterocycles. The van der Waals surface area contributed by atoms with Gasteiger partial charge in [-0.1, -0.05) is 18.1 Å². The maximum absolute atomic E-state index is 10.9. The van der Waals surface area contributed by atoms with Gasteiger partial charge in [-0.3, -0.25) is 4.79 Å². The minimum absolute atomic E-state index is 0.320. The Morgan fingerprint density at radius 3 is 2.77 bits per heavy atom. The van der Waals surface area contributed by atoms with E-state index in [0.29, 0.717) is 5.78 Å². The number of allylic oxidation sites excluding steroid dienone is 3. The van der Waals surface area contributed by atoms with E-state index in [2.05, 4.69) is 6.58 Å². The van der Waals surface area contributed by atoms with E-state index in [1.807, 2.05) is 12.2 Å². The van der Waals surface area contributed by atoms with Crippen molar-refractivity contribution in [2.24, 2.45) is 0 Å². The van der Waals surface area contributed by atoms with E-state index in [1.54, 1.807) is 0 Å². The first-order chi connectivity index (χ1) is 6.33. The summed E-state index contributed by atoms with van der Waals surface area (Å²) in [5.41, 5.74) is 1.36. The van der Waals surface area contributed by atoms with Crippen molar-refractivity contribution in [1.29, 1.82) is 0 Å². The first-order valence-corrected chi connectivity index (χ1v) is 5.16. The molecule has 0 amide bonds. The van der Waals surface area contributed by atoms with Crippen LogP contribution in [0.3, 0.4) is 0 Å². The van der Waals surface area contributed by atoms with E-state index in [0.717, 1.165) is 25.7 Å². The molecule has 0 bridgehead atoms. The molecule has 0 radical (unpaired) electrons. The molecule has 1 nitrogen and oxygen atoms in total. The van der Waals surface area contributed by atoms with Crippen molar-refractivity contribution in [3.63, 3.8) is 0 Å². The highest BCUT2D eigenvalue weighted by Crippen LogP contribution is 2.20. The minimum atomic E-state index is 0.320. The second-order valence-corrected chi connectivity index (χ2v) is 3.66. The number of carbonyl (C=O) groups is 1. The topological polar surface area (TPSA) is 17.1 Å². The van der Waals surface area contributed by atoms with E-state index in [9.17, 15) is 4.79 Å². The average molecular weight is 178 g/mol. The largest absolute Gasteiger partial charge is 0.295 e. The van der Waals surface area contributed by atoms with Crippen LogP contribution in [0, 0.1) is 0 Å². The van der Waals surface area contributed by atoms with E-state index >= 15 is 0 Å². The van der Waals surface area contributed by atoms with Gasteiger partial charge in [0.25, 0.3) is 0 Å². The van der Waals surface area contributed by atoms with Gasteiger partial charge in [-0.2, -0.15) is 0 Å². The lowest BCUT2D eigenvalue weighted by Gasteiger charge is -1.99. The average Bonchev–Trinajstić information content (AvgIpc) is 2.51. The molecule has 0 aliphatic heterocycles. The molecule has 0 unspecified atom stereocenters. The Morgan fingerprint density at radius 1 is 1.31 bits per heavy atom. The summed E-state index contributed by atoms with van der Waals surface area (Å²) < 4.78 is 0. The Labute approximate surface area is 80.5 Å². The minimum Gasteiger partial charge on any atom is -0.295 e. The molecule has 1 aliphatic carbocycles. The summed E-state index contributed by atoms with van der Waals surface area (Å²) in [6, 6.07) is 0. The third kappa shape index (κ3) is 4.07. The van der Waals surface area contributed by atoms with Gasteiger partial charge in [-0.05, 0) is 38.2 Å². The summed E-state index contributed by atoms with van der Waals surface area (Å²) in [4.78, 5) is 10.9. The summed E-state index contributed by atoms with van der Waals surface area (Å²) in [6.07, 6.45) is 11.6. The first-order valence-electron chi connectivity index (χ1n) is 5.16. The van der Waals surface area contributed by atoms with Gasteiger partial charge in [0.2, 0.25) is 0 Å². The number of hydrogen-bond donors (Lipinski definition) is 0. The maximum Gasteiger partial charge on any atom is 0.155 e. The van der Waals surface area contributed by atoms with Crippen LogP contribution in [-0.4, -0.2) is 5.78 Å². The van der Waals surface area contributed by atoms with Crippen LogP contribution in [0.2, 0.25) is 0 Å². The lowest BCUT2D eigenvalue weighted by Crippen LogP contribution is -1.80. The normalized spacial score (nSPS) is 16.0. The maximum atomic E-state index is 10.9. The molecule has 0 aromatic heterocycles. The predicted molar refractivity (Wildman–Crippen MR) is 55.6 cm³/mol. The van der Waals surface area contributed by atoms with Crippen LogP contribution in [0.1, 0.15) is 44.9 Å². The first kappa shape index (κ1) is 10.2. The molecule has 0 aromatic carbocycles. The van der Waals surface area contributed by atoms with Gasteiger partial charge in [-0.15, -0.1) is 6.58 Å². The smallest absolute Gasteiger partial charge is 0.155 e. The fourth-order valence-corrected chi connectivity index (χ4v) is 1.67. The molecule has 72 valence electrons. The fourth-order valence-electron chi connectivity index (χ4n) is 1.67. The number of hydrogen-bond acceptors (Lipinski definition) is 1.